The number of amides is 1. The zero-order valence-corrected chi connectivity index (χ0v) is 17.1. The molecule has 0 atom stereocenters. The summed E-state index contributed by atoms with van der Waals surface area (Å²) in [5.41, 5.74) is 6.68. The molecule has 0 aliphatic rings. The van der Waals surface area contributed by atoms with Gasteiger partial charge in [-0.2, -0.15) is 5.10 Å². The van der Waals surface area contributed by atoms with Crippen molar-refractivity contribution >= 4 is 28.1 Å². The van der Waals surface area contributed by atoms with Crippen molar-refractivity contribution in [3.63, 3.8) is 0 Å². The van der Waals surface area contributed by atoms with Gasteiger partial charge in [0.05, 0.1) is 12.6 Å². The molecule has 28 heavy (non-hydrogen) atoms. The van der Waals surface area contributed by atoms with Crippen LogP contribution in [0.2, 0.25) is 0 Å². The number of hydrogen-bond donors (Lipinski definition) is 1. The molecule has 4 nitrogen and oxygen atoms in total. The fraction of sp³-hybridized carbons (Fsp3) is 0.130. The van der Waals surface area contributed by atoms with Gasteiger partial charge < -0.3 is 4.74 Å². The lowest BCUT2D eigenvalue weighted by Gasteiger charge is -2.07. The third-order valence-corrected chi connectivity index (χ3v) is 4.59. The second kappa shape index (κ2) is 9.85. The van der Waals surface area contributed by atoms with Crippen molar-refractivity contribution in [2.45, 2.75) is 20.0 Å². The highest BCUT2D eigenvalue weighted by Crippen LogP contribution is 2.15. The summed E-state index contributed by atoms with van der Waals surface area (Å²) in [6.07, 6.45) is 1.89. The van der Waals surface area contributed by atoms with Gasteiger partial charge in [0.1, 0.15) is 12.4 Å². The number of carbonyl (C=O) groups excluding carboxylic acids is 1. The second-order valence-electron chi connectivity index (χ2n) is 6.44. The summed E-state index contributed by atoms with van der Waals surface area (Å²) in [6.45, 7) is 2.57. The Morgan fingerprint density at radius 3 is 2.50 bits per heavy atom. The summed E-state index contributed by atoms with van der Waals surface area (Å²) < 4.78 is 6.82. The zero-order valence-electron chi connectivity index (χ0n) is 15.6. The molecule has 3 rings (SSSR count). The van der Waals surface area contributed by atoms with Crippen LogP contribution in [0.3, 0.4) is 0 Å². The van der Waals surface area contributed by atoms with Crippen LogP contribution in [-0.4, -0.2) is 12.1 Å². The summed E-state index contributed by atoms with van der Waals surface area (Å²) in [7, 11) is 0. The summed E-state index contributed by atoms with van der Waals surface area (Å²) in [5, 5.41) is 4.03. The molecule has 0 bridgehead atoms. The van der Waals surface area contributed by atoms with Crippen molar-refractivity contribution in [2.75, 3.05) is 0 Å². The van der Waals surface area contributed by atoms with Gasteiger partial charge in [0.25, 0.3) is 0 Å². The van der Waals surface area contributed by atoms with E-state index in [0.717, 1.165) is 26.9 Å². The summed E-state index contributed by atoms with van der Waals surface area (Å²) in [5.74, 6) is 0.594. The third-order valence-electron chi connectivity index (χ3n) is 4.07. The number of ether oxygens (including phenoxy) is 1. The molecule has 0 fully saturated rings. The number of benzene rings is 3. The Bertz CT molecular complexity index is 951. The first-order valence-corrected chi connectivity index (χ1v) is 9.72. The SMILES string of the molecule is Cc1ccc(COc2cccc(/C=N\NC(=O)Cc3ccc(Br)cc3)c2)cc1. The second-order valence-corrected chi connectivity index (χ2v) is 7.36. The van der Waals surface area contributed by atoms with Crippen LogP contribution in [0.25, 0.3) is 0 Å². The van der Waals surface area contributed by atoms with Crippen molar-refractivity contribution in [1.29, 1.82) is 0 Å². The quantitative estimate of drug-likeness (QED) is 0.417. The molecular formula is C23H21BrN2O2. The van der Waals surface area contributed by atoms with Gasteiger partial charge in [-0.05, 0) is 47.9 Å². The van der Waals surface area contributed by atoms with Gasteiger partial charge in [-0.25, -0.2) is 5.43 Å². The number of nitrogens with zero attached hydrogens (tertiary/aromatic N) is 1. The Morgan fingerprint density at radius 2 is 1.75 bits per heavy atom. The molecule has 5 heteroatoms. The summed E-state index contributed by atoms with van der Waals surface area (Å²) in [6, 6.07) is 23.5. The van der Waals surface area contributed by atoms with Crippen LogP contribution in [0.15, 0.2) is 82.4 Å². The van der Waals surface area contributed by atoms with Crippen molar-refractivity contribution in [3.8, 4) is 5.75 Å². The van der Waals surface area contributed by atoms with Crippen LogP contribution in [0.5, 0.6) is 5.75 Å². The minimum Gasteiger partial charge on any atom is -0.489 e. The molecule has 1 N–H and O–H groups in total. The molecule has 0 unspecified atom stereocenters. The van der Waals surface area contributed by atoms with E-state index < -0.39 is 0 Å². The molecule has 142 valence electrons. The topological polar surface area (TPSA) is 50.7 Å². The van der Waals surface area contributed by atoms with Crippen molar-refractivity contribution in [2.24, 2.45) is 5.10 Å². The standard InChI is InChI=1S/C23H21BrN2O2/c1-17-5-7-19(8-6-17)16-28-22-4-2-3-20(13-22)15-25-26-23(27)14-18-9-11-21(24)12-10-18/h2-13,15H,14,16H2,1H3,(H,26,27)/b25-15-. The van der Waals surface area contributed by atoms with Crippen LogP contribution >= 0.6 is 15.9 Å². The van der Waals surface area contributed by atoms with E-state index in [4.69, 9.17) is 4.74 Å². The minimum absolute atomic E-state index is 0.162. The number of aryl methyl sites for hydroxylation is 1. The van der Waals surface area contributed by atoms with Gasteiger partial charge in [0, 0.05) is 4.47 Å². The van der Waals surface area contributed by atoms with Crippen molar-refractivity contribution in [3.05, 3.63) is 99.5 Å². The molecule has 0 radical (unpaired) electrons. The molecule has 0 heterocycles. The molecule has 0 aliphatic heterocycles. The fourth-order valence-electron chi connectivity index (χ4n) is 2.54. The summed E-state index contributed by atoms with van der Waals surface area (Å²) >= 11 is 3.38. The Balaban J connectivity index is 1.51. The van der Waals surface area contributed by atoms with Crippen LogP contribution in [0.4, 0.5) is 0 Å². The maximum absolute atomic E-state index is 12.0. The molecule has 1 amide bonds. The average molecular weight is 437 g/mol. The number of hydrazone groups is 1. The van der Waals surface area contributed by atoms with E-state index in [-0.39, 0.29) is 12.3 Å². The Kier molecular flexibility index (Phi) is 6.98. The maximum Gasteiger partial charge on any atom is 0.244 e. The van der Waals surface area contributed by atoms with E-state index in [0.29, 0.717) is 6.61 Å². The van der Waals surface area contributed by atoms with E-state index >= 15 is 0 Å². The van der Waals surface area contributed by atoms with Gasteiger partial charge in [0.2, 0.25) is 5.91 Å². The normalized spacial score (nSPS) is 10.8. The molecule has 0 spiro atoms. The van der Waals surface area contributed by atoms with E-state index in [2.05, 4.69) is 57.6 Å². The molecule has 0 aliphatic carbocycles. The zero-order chi connectivity index (χ0) is 19.8. The van der Waals surface area contributed by atoms with Crippen molar-refractivity contribution < 1.29 is 9.53 Å². The predicted octanol–water partition coefficient (Wildman–Crippen LogP) is 5.03. The van der Waals surface area contributed by atoms with E-state index in [1.807, 2.05) is 48.5 Å². The van der Waals surface area contributed by atoms with Crippen LogP contribution in [-0.2, 0) is 17.8 Å². The molecular weight excluding hydrogens is 416 g/mol. The first-order chi connectivity index (χ1) is 13.6. The fourth-order valence-corrected chi connectivity index (χ4v) is 2.81. The lowest BCUT2D eigenvalue weighted by atomic mass is 10.1. The van der Waals surface area contributed by atoms with Gasteiger partial charge in [-0.15, -0.1) is 0 Å². The highest BCUT2D eigenvalue weighted by atomic mass is 79.9. The number of halogens is 1. The Hall–Kier alpha value is -2.92. The Labute approximate surface area is 173 Å². The molecule has 0 aromatic heterocycles. The highest BCUT2D eigenvalue weighted by Gasteiger charge is 2.02. The molecule has 0 saturated heterocycles. The third kappa shape index (κ3) is 6.35. The monoisotopic (exact) mass is 436 g/mol. The van der Waals surface area contributed by atoms with Gasteiger partial charge in [-0.3, -0.25) is 4.79 Å². The molecule has 0 saturated carbocycles. The molecule has 3 aromatic carbocycles. The predicted molar refractivity (Wildman–Crippen MR) is 116 cm³/mol. The minimum atomic E-state index is -0.162. The smallest absolute Gasteiger partial charge is 0.244 e. The lowest BCUT2D eigenvalue weighted by Crippen LogP contribution is -2.19. The van der Waals surface area contributed by atoms with Crippen LogP contribution in [0, 0.1) is 6.92 Å². The maximum atomic E-state index is 12.0. The number of rotatable bonds is 7. The number of carbonyl (C=O) groups is 1. The number of hydrogen-bond acceptors (Lipinski definition) is 3. The van der Waals surface area contributed by atoms with Gasteiger partial charge >= 0.3 is 0 Å². The van der Waals surface area contributed by atoms with Gasteiger partial charge in [-0.1, -0.05) is 70.0 Å². The first kappa shape index (κ1) is 19.8. The Morgan fingerprint density at radius 1 is 1.04 bits per heavy atom. The first-order valence-electron chi connectivity index (χ1n) is 8.93. The lowest BCUT2D eigenvalue weighted by molar-refractivity contribution is -0.120. The number of nitrogens with one attached hydrogen (secondary N) is 1. The van der Waals surface area contributed by atoms with Gasteiger partial charge in [0.15, 0.2) is 0 Å². The van der Waals surface area contributed by atoms with E-state index in [1.165, 1.54) is 5.56 Å². The summed E-state index contributed by atoms with van der Waals surface area (Å²) in [4.78, 5) is 12.0. The van der Waals surface area contributed by atoms with Crippen LogP contribution < -0.4 is 10.2 Å². The average Bonchev–Trinajstić information content (AvgIpc) is 2.70. The van der Waals surface area contributed by atoms with E-state index in [9.17, 15) is 4.79 Å². The van der Waals surface area contributed by atoms with Crippen LogP contribution in [0.1, 0.15) is 22.3 Å². The molecule has 3 aromatic rings. The largest absolute Gasteiger partial charge is 0.489 e. The van der Waals surface area contributed by atoms with E-state index in [1.54, 1.807) is 6.21 Å². The van der Waals surface area contributed by atoms with Crippen molar-refractivity contribution in [1.82, 2.24) is 5.43 Å². The highest BCUT2D eigenvalue weighted by molar-refractivity contribution is 9.10.